The minimum atomic E-state index is 0.110. The van der Waals surface area contributed by atoms with Crippen molar-refractivity contribution >= 4 is 23.2 Å². The van der Waals surface area contributed by atoms with Crippen LogP contribution >= 0.6 is 0 Å². The maximum atomic E-state index is 12.8. The molecule has 0 aromatic heterocycles. The summed E-state index contributed by atoms with van der Waals surface area (Å²) in [6, 6.07) is 14.1. The summed E-state index contributed by atoms with van der Waals surface area (Å²) in [4.78, 5) is 28.2. The van der Waals surface area contributed by atoms with Crippen LogP contribution < -0.4 is 9.80 Å². The molecule has 0 aliphatic carbocycles. The highest BCUT2D eigenvalue weighted by molar-refractivity contribution is 6.01. The number of carbonyl (C=O) groups excluding carboxylic acids is 2. The highest BCUT2D eigenvalue weighted by atomic mass is 16.2. The molecule has 2 aromatic carbocycles. The Morgan fingerprint density at radius 2 is 1.92 bits per heavy atom. The maximum absolute atomic E-state index is 12.8. The number of anilines is 2. The zero-order valence-corrected chi connectivity index (χ0v) is 13.8. The van der Waals surface area contributed by atoms with Crippen LogP contribution in [0.3, 0.4) is 0 Å². The third-order valence-corrected chi connectivity index (χ3v) is 4.99. The van der Waals surface area contributed by atoms with Gasteiger partial charge in [0.05, 0.1) is 12.8 Å². The number of carbonyl (C=O) groups is 2. The Balaban J connectivity index is 1.56. The predicted octanol–water partition coefficient (Wildman–Crippen LogP) is 2.73. The maximum Gasteiger partial charge on any atom is 0.231 e. The van der Waals surface area contributed by atoms with Crippen LogP contribution in [0.4, 0.5) is 11.4 Å². The molecule has 2 heterocycles. The van der Waals surface area contributed by atoms with E-state index in [0.29, 0.717) is 12.8 Å². The lowest BCUT2D eigenvalue weighted by atomic mass is 10.00. The molecule has 0 spiro atoms. The Bertz CT molecular complexity index is 828. The van der Waals surface area contributed by atoms with Gasteiger partial charge in [0, 0.05) is 25.0 Å². The van der Waals surface area contributed by atoms with E-state index >= 15 is 0 Å². The van der Waals surface area contributed by atoms with Crippen molar-refractivity contribution in [3.05, 3.63) is 59.2 Å². The number of benzene rings is 2. The van der Waals surface area contributed by atoms with Crippen molar-refractivity contribution in [1.82, 2.24) is 0 Å². The van der Waals surface area contributed by atoms with Gasteiger partial charge in [-0.1, -0.05) is 30.3 Å². The van der Waals surface area contributed by atoms with Gasteiger partial charge in [-0.15, -0.1) is 0 Å². The number of hydrogen-bond acceptors (Lipinski definition) is 2. The molecular formula is C20H20N2O2. The van der Waals surface area contributed by atoms with Gasteiger partial charge in [-0.25, -0.2) is 0 Å². The van der Waals surface area contributed by atoms with Crippen LogP contribution in [-0.2, 0) is 28.9 Å². The normalized spacial score (nSPS) is 16.1. The molecule has 0 bridgehead atoms. The minimum Gasteiger partial charge on any atom is -0.315 e. The highest BCUT2D eigenvalue weighted by Crippen LogP contribution is 2.30. The SMILES string of the molecule is CN1C(=O)Cc2cc(CC(=O)N3CCCc4ccccc43)ccc21. The van der Waals surface area contributed by atoms with E-state index in [9.17, 15) is 9.59 Å². The average Bonchev–Trinajstić information content (AvgIpc) is 2.88. The van der Waals surface area contributed by atoms with E-state index in [0.717, 1.165) is 41.9 Å². The molecule has 0 atom stereocenters. The number of nitrogens with zero attached hydrogens (tertiary/aromatic N) is 2. The molecule has 4 heteroatoms. The number of amides is 2. The number of aryl methyl sites for hydroxylation is 1. The molecule has 0 saturated heterocycles. The summed E-state index contributed by atoms with van der Waals surface area (Å²) in [6.45, 7) is 0.780. The smallest absolute Gasteiger partial charge is 0.231 e. The van der Waals surface area contributed by atoms with Gasteiger partial charge in [0.1, 0.15) is 0 Å². The summed E-state index contributed by atoms with van der Waals surface area (Å²) in [7, 11) is 1.80. The molecule has 0 N–H and O–H groups in total. The Labute approximate surface area is 141 Å². The summed E-state index contributed by atoms with van der Waals surface area (Å²) in [5.74, 6) is 0.234. The topological polar surface area (TPSA) is 40.6 Å². The molecule has 2 amide bonds. The molecule has 0 unspecified atom stereocenters. The lowest BCUT2D eigenvalue weighted by molar-refractivity contribution is -0.118. The quantitative estimate of drug-likeness (QED) is 0.854. The number of para-hydroxylation sites is 1. The molecule has 0 saturated carbocycles. The first-order valence-electron chi connectivity index (χ1n) is 8.40. The van der Waals surface area contributed by atoms with E-state index in [4.69, 9.17) is 0 Å². The first-order valence-corrected chi connectivity index (χ1v) is 8.40. The average molecular weight is 320 g/mol. The molecule has 0 fully saturated rings. The zero-order valence-electron chi connectivity index (χ0n) is 13.8. The van der Waals surface area contributed by atoms with Crippen molar-refractivity contribution in [2.75, 3.05) is 23.4 Å². The number of fused-ring (bicyclic) bond motifs is 2. The zero-order chi connectivity index (χ0) is 16.7. The second-order valence-electron chi connectivity index (χ2n) is 6.55. The van der Waals surface area contributed by atoms with E-state index in [1.807, 2.05) is 41.3 Å². The highest BCUT2D eigenvalue weighted by Gasteiger charge is 2.25. The fourth-order valence-corrected chi connectivity index (χ4v) is 3.70. The fourth-order valence-electron chi connectivity index (χ4n) is 3.70. The molecule has 0 radical (unpaired) electrons. The predicted molar refractivity (Wildman–Crippen MR) is 94.4 cm³/mol. The first-order chi connectivity index (χ1) is 11.6. The van der Waals surface area contributed by atoms with Crippen LogP contribution in [0.15, 0.2) is 42.5 Å². The second-order valence-corrected chi connectivity index (χ2v) is 6.55. The Morgan fingerprint density at radius 1 is 1.08 bits per heavy atom. The van der Waals surface area contributed by atoms with Crippen molar-refractivity contribution in [3.63, 3.8) is 0 Å². The van der Waals surface area contributed by atoms with E-state index < -0.39 is 0 Å². The van der Waals surface area contributed by atoms with Crippen molar-refractivity contribution < 1.29 is 9.59 Å². The number of rotatable bonds is 2. The first kappa shape index (κ1) is 14.9. The molecule has 24 heavy (non-hydrogen) atoms. The van der Waals surface area contributed by atoms with Gasteiger partial charge >= 0.3 is 0 Å². The lowest BCUT2D eigenvalue weighted by Gasteiger charge is -2.29. The van der Waals surface area contributed by atoms with Crippen LogP contribution in [0.2, 0.25) is 0 Å². The van der Waals surface area contributed by atoms with Crippen molar-refractivity contribution in [2.24, 2.45) is 0 Å². The molecule has 4 nitrogen and oxygen atoms in total. The largest absolute Gasteiger partial charge is 0.315 e. The van der Waals surface area contributed by atoms with Crippen LogP contribution in [0.25, 0.3) is 0 Å². The number of hydrogen-bond donors (Lipinski definition) is 0. The summed E-state index contributed by atoms with van der Waals surface area (Å²) in [5.41, 5.74) is 5.25. The van der Waals surface area contributed by atoms with Crippen molar-refractivity contribution in [1.29, 1.82) is 0 Å². The van der Waals surface area contributed by atoms with Crippen LogP contribution in [0.5, 0.6) is 0 Å². The fraction of sp³-hybridized carbons (Fsp3) is 0.300. The lowest BCUT2D eigenvalue weighted by Crippen LogP contribution is -2.36. The van der Waals surface area contributed by atoms with Crippen LogP contribution in [-0.4, -0.2) is 25.4 Å². The second kappa shape index (κ2) is 5.78. The Hall–Kier alpha value is -2.62. The summed E-state index contributed by atoms with van der Waals surface area (Å²) in [6.07, 6.45) is 2.85. The van der Waals surface area contributed by atoms with Gasteiger partial charge in [0.15, 0.2) is 0 Å². The molecule has 4 rings (SSSR count). The third-order valence-electron chi connectivity index (χ3n) is 4.99. The monoisotopic (exact) mass is 320 g/mol. The Morgan fingerprint density at radius 3 is 2.79 bits per heavy atom. The molecule has 122 valence electrons. The van der Waals surface area contributed by atoms with Crippen molar-refractivity contribution in [2.45, 2.75) is 25.7 Å². The molecule has 2 aliphatic heterocycles. The summed E-state index contributed by atoms with van der Waals surface area (Å²) in [5, 5.41) is 0. The van der Waals surface area contributed by atoms with E-state index in [-0.39, 0.29) is 11.8 Å². The van der Waals surface area contributed by atoms with Gasteiger partial charge in [-0.3, -0.25) is 9.59 Å². The van der Waals surface area contributed by atoms with Gasteiger partial charge < -0.3 is 9.80 Å². The van der Waals surface area contributed by atoms with E-state index in [1.165, 1.54) is 5.56 Å². The molecular weight excluding hydrogens is 300 g/mol. The Kier molecular flexibility index (Phi) is 3.60. The van der Waals surface area contributed by atoms with Gasteiger partial charge in [0.2, 0.25) is 11.8 Å². The van der Waals surface area contributed by atoms with E-state index in [1.54, 1.807) is 11.9 Å². The van der Waals surface area contributed by atoms with Crippen LogP contribution in [0.1, 0.15) is 23.1 Å². The van der Waals surface area contributed by atoms with Crippen LogP contribution in [0, 0.1) is 0 Å². The standard InChI is InChI=1S/C20H20N2O2/c1-21-17-9-8-14(11-16(17)13-19(21)23)12-20(24)22-10-4-6-15-5-2-3-7-18(15)22/h2-3,5,7-9,11H,4,6,10,12-13H2,1H3. The third kappa shape index (κ3) is 2.48. The van der Waals surface area contributed by atoms with Gasteiger partial charge in [-0.2, -0.15) is 0 Å². The van der Waals surface area contributed by atoms with Crippen molar-refractivity contribution in [3.8, 4) is 0 Å². The van der Waals surface area contributed by atoms with Gasteiger partial charge in [0.25, 0.3) is 0 Å². The summed E-state index contributed by atoms with van der Waals surface area (Å²) >= 11 is 0. The van der Waals surface area contributed by atoms with E-state index in [2.05, 4.69) is 6.07 Å². The number of likely N-dealkylation sites (N-methyl/N-ethyl adjacent to an activating group) is 1. The van der Waals surface area contributed by atoms with Gasteiger partial charge in [-0.05, 0) is 41.7 Å². The minimum absolute atomic E-state index is 0.110. The molecule has 2 aromatic rings. The molecule has 2 aliphatic rings. The summed E-state index contributed by atoms with van der Waals surface area (Å²) < 4.78 is 0.